The Bertz CT molecular complexity index is 888. The smallest absolute Gasteiger partial charge is 0.161 e. The van der Waals surface area contributed by atoms with Gasteiger partial charge in [-0.1, -0.05) is 17.7 Å². The average molecular weight is 367 g/mol. The molecule has 3 aromatic rings. The number of aromatic nitrogens is 1. The minimum Gasteiger partial charge on any atom is -0.493 e. The number of anilines is 1. The van der Waals surface area contributed by atoms with E-state index in [1.807, 2.05) is 54.8 Å². The van der Waals surface area contributed by atoms with Crippen molar-refractivity contribution in [1.29, 1.82) is 0 Å². The summed E-state index contributed by atoms with van der Waals surface area (Å²) in [7, 11) is 1.63. The Kier molecular flexibility index (Phi) is 5.86. The second kappa shape index (κ2) is 8.49. The lowest BCUT2D eigenvalue weighted by atomic mass is 10.2. The van der Waals surface area contributed by atoms with Gasteiger partial charge in [-0.25, -0.2) is 4.98 Å². The number of nitrogens with zero attached hydrogens (tertiary/aromatic N) is 2. The Morgan fingerprint density at radius 3 is 2.62 bits per heavy atom. The van der Waals surface area contributed by atoms with Crippen molar-refractivity contribution in [3.05, 3.63) is 69.7 Å². The highest BCUT2D eigenvalue weighted by Crippen LogP contribution is 2.28. The lowest BCUT2D eigenvalue weighted by Gasteiger charge is -2.10. The topological polar surface area (TPSA) is 55.7 Å². The maximum atomic E-state index is 5.83. The van der Waals surface area contributed by atoms with E-state index in [4.69, 9.17) is 9.47 Å². The van der Waals surface area contributed by atoms with Crippen molar-refractivity contribution in [2.45, 2.75) is 20.5 Å². The van der Waals surface area contributed by atoms with Crippen LogP contribution in [0.2, 0.25) is 0 Å². The van der Waals surface area contributed by atoms with Gasteiger partial charge in [0.15, 0.2) is 11.5 Å². The SMILES string of the molecule is COc1cc(/C=N\Nc2ccc(C)cc2)ccc1OCc1csc(C)n1. The van der Waals surface area contributed by atoms with E-state index >= 15 is 0 Å². The van der Waals surface area contributed by atoms with Gasteiger partial charge in [0.2, 0.25) is 0 Å². The predicted molar refractivity (Wildman–Crippen MR) is 107 cm³/mol. The lowest BCUT2D eigenvalue weighted by Crippen LogP contribution is -1.99. The molecule has 0 saturated heterocycles. The molecule has 0 spiro atoms. The van der Waals surface area contributed by atoms with Gasteiger partial charge in [-0.15, -0.1) is 11.3 Å². The van der Waals surface area contributed by atoms with Crippen LogP contribution in [0.5, 0.6) is 11.5 Å². The van der Waals surface area contributed by atoms with E-state index in [2.05, 4.69) is 22.4 Å². The van der Waals surface area contributed by atoms with Gasteiger partial charge in [0.05, 0.1) is 29.7 Å². The van der Waals surface area contributed by atoms with Gasteiger partial charge in [-0.3, -0.25) is 5.43 Å². The first-order valence-electron chi connectivity index (χ1n) is 8.21. The van der Waals surface area contributed by atoms with E-state index in [0.717, 1.165) is 22.0 Å². The summed E-state index contributed by atoms with van der Waals surface area (Å²) in [6, 6.07) is 13.8. The molecule has 6 heteroatoms. The molecule has 0 aliphatic heterocycles. The van der Waals surface area contributed by atoms with Crippen molar-refractivity contribution in [1.82, 2.24) is 4.98 Å². The molecule has 26 heavy (non-hydrogen) atoms. The fourth-order valence-corrected chi connectivity index (χ4v) is 2.92. The van der Waals surface area contributed by atoms with Crippen LogP contribution in [0.15, 0.2) is 52.9 Å². The molecule has 0 bridgehead atoms. The molecule has 0 saturated carbocycles. The summed E-state index contributed by atoms with van der Waals surface area (Å²) in [5, 5.41) is 7.29. The number of benzene rings is 2. The first kappa shape index (κ1) is 17.9. The zero-order valence-corrected chi connectivity index (χ0v) is 15.8. The maximum Gasteiger partial charge on any atom is 0.161 e. The number of hydrogen-bond donors (Lipinski definition) is 1. The van der Waals surface area contributed by atoms with Crippen LogP contribution < -0.4 is 14.9 Å². The van der Waals surface area contributed by atoms with Crippen LogP contribution in [-0.4, -0.2) is 18.3 Å². The van der Waals surface area contributed by atoms with Gasteiger partial charge >= 0.3 is 0 Å². The summed E-state index contributed by atoms with van der Waals surface area (Å²) in [6.07, 6.45) is 1.75. The standard InChI is InChI=1S/C20H21N3O2S/c1-14-4-7-17(8-5-14)23-21-11-16-6-9-19(20(10-16)24-3)25-12-18-13-26-15(2)22-18/h4-11,13,23H,12H2,1-3H3/b21-11-. The van der Waals surface area contributed by atoms with Crippen LogP contribution in [0.3, 0.4) is 0 Å². The molecule has 0 aliphatic rings. The minimum absolute atomic E-state index is 0.420. The third kappa shape index (κ3) is 4.83. The van der Waals surface area contributed by atoms with Crippen molar-refractivity contribution in [2.75, 3.05) is 12.5 Å². The largest absolute Gasteiger partial charge is 0.493 e. The normalized spacial score (nSPS) is 10.9. The fourth-order valence-electron chi connectivity index (χ4n) is 2.32. The molecule has 0 fully saturated rings. The molecular formula is C20H21N3O2S. The second-order valence-corrected chi connectivity index (χ2v) is 6.86. The van der Waals surface area contributed by atoms with Crippen LogP contribution in [0.4, 0.5) is 5.69 Å². The van der Waals surface area contributed by atoms with Crippen molar-refractivity contribution in [3.8, 4) is 11.5 Å². The van der Waals surface area contributed by atoms with E-state index in [1.165, 1.54) is 5.56 Å². The molecule has 134 valence electrons. The summed E-state index contributed by atoms with van der Waals surface area (Å²) in [5.74, 6) is 1.35. The van der Waals surface area contributed by atoms with Crippen LogP contribution >= 0.6 is 11.3 Å². The molecule has 3 rings (SSSR count). The van der Waals surface area contributed by atoms with Gasteiger partial charge in [0.25, 0.3) is 0 Å². The summed E-state index contributed by atoms with van der Waals surface area (Å²) in [4.78, 5) is 4.40. The van der Waals surface area contributed by atoms with Crippen LogP contribution in [-0.2, 0) is 6.61 Å². The van der Waals surface area contributed by atoms with Crippen LogP contribution in [0, 0.1) is 13.8 Å². The zero-order chi connectivity index (χ0) is 18.4. The molecule has 0 atom stereocenters. The van der Waals surface area contributed by atoms with Crippen LogP contribution in [0.1, 0.15) is 21.8 Å². The van der Waals surface area contributed by atoms with Crippen LogP contribution in [0.25, 0.3) is 0 Å². The Morgan fingerprint density at radius 1 is 1.12 bits per heavy atom. The Hall–Kier alpha value is -2.86. The Morgan fingerprint density at radius 2 is 1.92 bits per heavy atom. The number of methoxy groups -OCH3 is 1. The molecule has 1 heterocycles. The quantitative estimate of drug-likeness (QED) is 0.482. The van der Waals surface area contributed by atoms with E-state index in [9.17, 15) is 0 Å². The third-order valence-electron chi connectivity index (χ3n) is 3.69. The van der Waals surface area contributed by atoms with Crippen molar-refractivity contribution < 1.29 is 9.47 Å². The van der Waals surface area contributed by atoms with Crippen molar-refractivity contribution >= 4 is 23.2 Å². The predicted octanol–water partition coefficient (Wildman–Crippen LogP) is 4.79. The summed E-state index contributed by atoms with van der Waals surface area (Å²) < 4.78 is 11.3. The average Bonchev–Trinajstić information content (AvgIpc) is 3.07. The van der Waals surface area contributed by atoms with Gasteiger partial charge in [0.1, 0.15) is 6.61 Å². The first-order chi connectivity index (χ1) is 12.6. The summed E-state index contributed by atoms with van der Waals surface area (Å²) in [5.41, 5.74) is 7.00. The highest BCUT2D eigenvalue weighted by Gasteiger charge is 2.07. The highest BCUT2D eigenvalue weighted by molar-refractivity contribution is 7.09. The van der Waals surface area contributed by atoms with E-state index < -0.39 is 0 Å². The molecule has 0 radical (unpaired) electrons. The second-order valence-electron chi connectivity index (χ2n) is 5.79. The minimum atomic E-state index is 0.420. The van der Waals surface area contributed by atoms with Gasteiger partial charge in [-0.2, -0.15) is 5.10 Å². The van der Waals surface area contributed by atoms with Gasteiger partial charge in [0, 0.05) is 5.38 Å². The van der Waals surface area contributed by atoms with E-state index in [1.54, 1.807) is 24.7 Å². The molecular weight excluding hydrogens is 346 g/mol. The number of hydrogen-bond acceptors (Lipinski definition) is 6. The molecule has 0 unspecified atom stereocenters. The third-order valence-corrected chi connectivity index (χ3v) is 4.51. The summed E-state index contributed by atoms with van der Waals surface area (Å²) >= 11 is 1.61. The summed E-state index contributed by atoms with van der Waals surface area (Å²) in [6.45, 7) is 4.45. The number of thiazole rings is 1. The van der Waals surface area contributed by atoms with E-state index in [-0.39, 0.29) is 0 Å². The molecule has 1 N–H and O–H groups in total. The number of rotatable bonds is 7. The Labute approximate surface area is 157 Å². The molecule has 0 amide bonds. The highest BCUT2D eigenvalue weighted by atomic mass is 32.1. The molecule has 1 aromatic heterocycles. The zero-order valence-electron chi connectivity index (χ0n) is 15.0. The van der Waals surface area contributed by atoms with E-state index in [0.29, 0.717) is 18.1 Å². The molecule has 5 nitrogen and oxygen atoms in total. The number of nitrogens with one attached hydrogen (secondary N) is 1. The van der Waals surface area contributed by atoms with Gasteiger partial charge in [-0.05, 0) is 49.7 Å². The number of ether oxygens (including phenoxy) is 2. The molecule has 2 aromatic carbocycles. The van der Waals surface area contributed by atoms with Crippen molar-refractivity contribution in [3.63, 3.8) is 0 Å². The lowest BCUT2D eigenvalue weighted by molar-refractivity contribution is 0.281. The Balaban J connectivity index is 1.63. The maximum absolute atomic E-state index is 5.83. The van der Waals surface area contributed by atoms with Gasteiger partial charge < -0.3 is 9.47 Å². The number of aryl methyl sites for hydroxylation is 2. The fraction of sp³-hybridized carbons (Fsp3) is 0.200. The van der Waals surface area contributed by atoms with Crippen molar-refractivity contribution in [2.24, 2.45) is 5.10 Å². The first-order valence-corrected chi connectivity index (χ1v) is 9.09. The molecule has 0 aliphatic carbocycles. The monoisotopic (exact) mass is 367 g/mol. The number of hydrazone groups is 1.